The molecule has 4 rings (SSSR count). The molecule has 3 fully saturated rings. The van der Waals surface area contributed by atoms with Crippen LogP contribution in [0.5, 0.6) is 0 Å². The minimum atomic E-state index is -1.33. The summed E-state index contributed by atoms with van der Waals surface area (Å²) in [5, 5.41) is 21.0. The van der Waals surface area contributed by atoms with Gasteiger partial charge in [-0.3, -0.25) is 4.79 Å². The SMILES string of the molecule is C[C@]12CCC(O)C=C1CC[C@@H]1[C@H]2CC[C@@]2(C)[C@H]1CCC2(O)C(N)=O. The summed E-state index contributed by atoms with van der Waals surface area (Å²) in [5.74, 6) is 1.03. The van der Waals surface area contributed by atoms with Gasteiger partial charge in [0.25, 0.3) is 0 Å². The van der Waals surface area contributed by atoms with Gasteiger partial charge in [-0.15, -0.1) is 0 Å². The van der Waals surface area contributed by atoms with Crippen molar-refractivity contribution in [2.75, 3.05) is 0 Å². The van der Waals surface area contributed by atoms with E-state index < -0.39 is 11.5 Å². The van der Waals surface area contributed by atoms with E-state index in [2.05, 4.69) is 19.9 Å². The summed E-state index contributed by atoms with van der Waals surface area (Å²) in [6, 6.07) is 0. The lowest BCUT2D eigenvalue weighted by atomic mass is 9.46. The van der Waals surface area contributed by atoms with Crippen molar-refractivity contribution in [1.82, 2.24) is 0 Å². The van der Waals surface area contributed by atoms with E-state index in [1.165, 1.54) is 5.57 Å². The van der Waals surface area contributed by atoms with Crippen LogP contribution in [0.1, 0.15) is 65.2 Å². The minimum absolute atomic E-state index is 0.191. The first kappa shape index (κ1) is 16.6. The Balaban J connectivity index is 1.69. The zero-order valence-electron chi connectivity index (χ0n) is 14.9. The number of hydrogen-bond donors (Lipinski definition) is 3. The number of carbonyl (C=O) groups excluding carboxylic acids is 1. The van der Waals surface area contributed by atoms with Gasteiger partial charge >= 0.3 is 0 Å². The second-order valence-electron chi connectivity index (χ2n) is 9.35. The lowest BCUT2D eigenvalue weighted by molar-refractivity contribution is -0.161. The van der Waals surface area contributed by atoms with E-state index in [1.54, 1.807) is 0 Å². The van der Waals surface area contributed by atoms with Gasteiger partial charge in [-0.2, -0.15) is 0 Å². The van der Waals surface area contributed by atoms with Crippen LogP contribution < -0.4 is 5.73 Å². The molecular weight excluding hydrogens is 302 g/mol. The fraction of sp³-hybridized carbons (Fsp3) is 0.850. The van der Waals surface area contributed by atoms with Crippen molar-refractivity contribution in [1.29, 1.82) is 0 Å². The lowest BCUT2D eigenvalue weighted by Crippen LogP contribution is -2.59. The van der Waals surface area contributed by atoms with Gasteiger partial charge in [-0.05, 0) is 74.5 Å². The standard InChI is InChI=1S/C20H31NO3/c1-18-8-5-13(22)11-12(18)3-4-14-15(18)6-9-19(2)16(14)7-10-20(19,24)17(21)23/h11,13-16,22,24H,3-10H2,1-2H3,(H2,21,23)/t13?,14-,15-,16+,18+,19+,20?/m1/s1. The third-order valence-corrected chi connectivity index (χ3v) is 8.65. The second-order valence-corrected chi connectivity index (χ2v) is 9.35. The van der Waals surface area contributed by atoms with Crippen LogP contribution in [-0.2, 0) is 4.79 Å². The van der Waals surface area contributed by atoms with E-state index in [0.717, 1.165) is 44.9 Å². The van der Waals surface area contributed by atoms with Crippen molar-refractivity contribution >= 4 is 5.91 Å². The molecule has 0 spiro atoms. The molecular formula is C20H31NO3. The molecule has 3 saturated carbocycles. The first-order valence-corrected chi connectivity index (χ1v) is 9.64. The van der Waals surface area contributed by atoms with Gasteiger partial charge in [0.2, 0.25) is 5.91 Å². The molecule has 0 aromatic rings. The van der Waals surface area contributed by atoms with E-state index >= 15 is 0 Å². The molecule has 0 aliphatic heterocycles. The van der Waals surface area contributed by atoms with Gasteiger partial charge in [-0.25, -0.2) is 0 Å². The summed E-state index contributed by atoms with van der Waals surface area (Å²) in [6.07, 6.45) is 9.29. The third-order valence-electron chi connectivity index (χ3n) is 8.65. The zero-order valence-corrected chi connectivity index (χ0v) is 14.9. The third kappa shape index (κ3) is 1.90. The molecule has 4 aliphatic rings. The molecule has 0 radical (unpaired) electrons. The average Bonchev–Trinajstić information content (AvgIpc) is 2.81. The molecule has 4 heteroatoms. The minimum Gasteiger partial charge on any atom is -0.389 e. The van der Waals surface area contributed by atoms with Crippen LogP contribution >= 0.6 is 0 Å². The summed E-state index contributed by atoms with van der Waals surface area (Å²) in [4.78, 5) is 12.0. The quantitative estimate of drug-likeness (QED) is 0.645. The highest BCUT2D eigenvalue weighted by Gasteiger charge is 2.65. The Labute approximate surface area is 144 Å². The predicted octanol–water partition coefficient (Wildman–Crippen LogP) is 2.53. The van der Waals surface area contributed by atoms with Crippen molar-refractivity contribution in [3.63, 3.8) is 0 Å². The van der Waals surface area contributed by atoms with Crippen LogP contribution in [0.2, 0.25) is 0 Å². The van der Waals surface area contributed by atoms with E-state index in [4.69, 9.17) is 5.73 Å². The predicted molar refractivity (Wildman–Crippen MR) is 91.9 cm³/mol. The number of allylic oxidation sites excluding steroid dienone is 1. The van der Waals surface area contributed by atoms with Gasteiger partial charge in [-0.1, -0.05) is 25.5 Å². The van der Waals surface area contributed by atoms with E-state index in [0.29, 0.717) is 24.2 Å². The van der Waals surface area contributed by atoms with Crippen molar-refractivity contribution in [3.8, 4) is 0 Å². The normalized spacial score (nSPS) is 53.6. The van der Waals surface area contributed by atoms with Crippen LogP contribution in [0.4, 0.5) is 0 Å². The van der Waals surface area contributed by atoms with Crippen LogP contribution in [0.25, 0.3) is 0 Å². The Hall–Kier alpha value is -0.870. The van der Waals surface area contributed by atoms with Crippen molar-refractivity contribution in [2.45, 2.75) is 76.9 Å². The first-order valence-electron chi connectivity index (χ1n) is 9.64. The van der Waals surface area contributed by atoms with Gasteiger partial charge in [0, 0.05) is 5.41 Å². The Bertz CT molecular complexity index is 602. The largest absolute Gasteiger partial charge is 0.389 e. The number of rotatable bonds is 1. The maximum absolute atomic E-state index is 12.0. The number of primary amides is 1. The summed E-state index contributed by atoms with van der Waals surface area (Å²) in [5.41, 5.74) is 5.56. The van der Waals surface area contributed by atoms with Gasteiger partial charge in [0.1, 0.15) is 5.60 Å². The van der Waals surface area contributed by atoms with Crippen molar-refractivity contribution in [3.05, 3.63) is 11.6 Å². The fourth-order valence-corrected chi connectivity index (χ4v) is 7.13. The van der Waals surface area contributed by atoms with Crippen LogP contribution in [0.15, 0.2) is 11.6 Å². The Morgan fingerprint density at radius 3 is 2.54 bits per heavy atom. The summed E-state index contributed by atoms with van der Waals surface area (Å²) in [6.45, 7) is 4.49. The number of aliphatic hydroxyl groups is 2. The number of carbonyl (C=O) groups is 1. The van der Waals surface area contributed by atoms with E-state index in [-0.39, 0.29) is 16.9 Å². The smallest absolute Gasteiger partial charge is 0.249 e. The topological polar surface area (TPSA) is 83.6 Å². The molecule has 0 saturated heterocycles. The molecule has 0 aromatic heterocycles. The number of aliphatic hydroxyl groups excluding tert-OH is 1. The van der Waals surface area contributed by atoms with Crippen LogP contribution in [-0.4, -0.2) is 27.8 Å². The van der Waals surface area contributed by atoms with E-state index in [9.17, 15) is 15.0 Å². The molecule has 7 atom stereocenters. The first-order chi connectivity index (χ1) is 11.2. The van der Waals surface area contributed by atoms with Gasteiger partial charge in [0.15, 0.2) is 0 Å². The second kappa shape index (κ2) is 5.07. The molecule has 24 heavy (non-hydrogen) atoms. The summed E-state index contributed by atoms with van der Waals surface area (Å²) < 4.78 is 0. The Kier molecular flexibility index (Phi) is 3.51. The van der Waals surface area contributed by atoms with Crippen molar-refractivity contribution in [2.24, 2.45) is 34.3 Å². The van der Waals surface area contributed by atoms with Crippen LogP contribution in [0.3, 0.4) is 0 Å². The zero-order chi connectivity index (χ0) is 17.3. The summed E-state index contributed by atoms with van der Waals surface area (Å²) >= 11 is 0. The molecule has 0 heterocycles. The number of fused-ring (bicyclic) bond motifs is 5. The maximum atomic E-state index is 12.0. The maximum Gasteiger partial charge on any atom is 0.249 e. The molecule has 4 aliphatic carbocycles. The summed E-state index contributed by atoms with van der Waals surface area (Å²) in [7, 11) is 0. The molecule has 0 bridgehead atoms. The molecule has 4 N–H and O–H groups in total. The molecule has 0 aromatic carbocycles. The van der Waals surface area contributed by atoms with Crippen LogP contribution in [0, 0.1) is 28.6 Å². The monoisotopic (exact) mass is 333 g/mol. The van der Waals surface area contributed by atoms with E-state index in [1.807, 2.05) is 0 Å². The highest BCUT2D eigenvalue weighted by molar-refractivity contribution is 5.84. The lowest BCUT2D eigenvalue weighted by Gasteiger charge is -2.59. The number of hydrogen-bond acceptors (Lipinski definition) is 3. The molecule has 1 amide bonds. The molecule has 4 nitrogen and oxygen atoms in total. The van der Waals surface area contributed by atoms with Crippen molar-refractivity contribution < 1.29 is 15.0 Å². The Morgan fingerprint density at radius 2 is 1.83 bits per heavy atom. The fourth-order valence-electron chi connectivity index (χ4n) is 7.13. The van der Waals surface area contributed by atoms with Gasteiger partial charge < -0.3 is 15.9 Å². The average molecular weight is 333 g/mol. The molecule has 134 valence electrons. The Morgan fingerprint density at radius 1 is 1.12 bits per heavy atom. The highest BCUT2D eigenvalue weighted by Crippen LogP contribution is 2.67. The number of amides is 1. The highest BCUT2D eigenvalue weighted by atomic mass is 16.3. The number of nitrogens with two attached hydrogens (primary N) is 1. The van der Waals surface area contributed by atoms with Gasteiger partial charge in [0.05, 0.1) is 6.10 Å². The molecule has 2 unspecified atom stereocenters.